The van der Waals surface area contributed by atoms with Gasteiger partial charge in [-0.15, -0.1) is 0 Å². The zero-order valence-electron chi connectivity index (χ0n) is 18.3. The number of unbranched alkanes of at least 4 members (excludes halogenated alkanes) is 2. The van der Waals surface area contributed by atoms with Crippen molar-refractivity contribution >= 4 is 0 Å². The Morgan fingerprint density at radius 1 is 0.759 bits per heavy atom. The molecule has 29 heavy (non-hydrogen) atoms. The fourth-order valence-corrected chi connectivity index (χ4v) is 4.22. The molecular weight excluding hydrogens is 352 g/mol. The summed E-state index contributed by atoms with van der Waals surface area (Å²) in [6.45, 7) is 5.34. The minimum absolute atomic E-state index is 0.797. The summed E-state index contributed by atoms with van der Waals surface area (Å²) >= 11 is 0. The van der Waals surface area contributed by atoms with Gasteiger partial charge in [-0.3, -0.25) is 0 Å². The lowest BCUT2D eigenvalue weighted by Gasteiger charge is -2.27. The second-order valence-corrected chi connectivity index (χ2v) is 8.53. The predicted octanol–water partition coefficient (Wildman–Crippen LogP) is 7.41. The Balaban J connectivity index is 1.48. The van der Waals surface area contributed by atoms with Crippen LogP contribution in [0.15, 0.2) is 48.5 Å². The molecule has 2 aromatic carbocycles. The van der Waals surface area contributed by atoms with Gasteiger partial charge in [-0.25, -0.2) is 0 Å². The van der Waals surface area contributed by atoms with E-state index in [0.29, 0.717) is 0 Å². The molecule has 0 aromatic heterocycles. The zero-order chi connectivity index (χ0) is 20.3. The predicted molar refractivity (Wildman–Crippen MR) is 123 cm³/mol. The van der Waals surface area contributed by atoms with E-state index in [1.807, 2.05) is 24.3 Å². The van der Waals surface area contributed by atoms with Gasteiger partial charge in [0.2, 0.25) is 0 Å². The van der Waals surface area contributed by atoms with Gasteiger partial charge in [0.1, 0.15) is 5.75 Å². The van der Waals surface area contributed by atoms with Crippen LogP contribution in [0.1, 0.15) is 81.9 Å². The van der Waals surface area contributed by atoms with Crippen molar-refractivity contribution in [1.82, 2.24) is 0 Å². The highest BCUT2D eigenvalue weighted by atomic mass is 16.5. The van der Waals surface area contributed by atoms with Crippen molar-refractivity contribution in [3.05, 3.63) is 65.2 Å². The largest absolute Gasteiger partial charge is 0.494 e. The van der Waals surface area contributed by atoms with Gasteiger partial charge in [0.05, 0.1) is 6.61 Å². The third kappa shape index (κ3) is 7.28. The summed E-state index contributed by atoms with van der Waals surface area (Å²) < 4.78 is 5.77. The minimum Gasteiger partial charge on any atom is -0.494 e. The average molecular weight is 389 g/mol. The molecule has 1 nitrogen and oxygen atoms in total. The van der Waals surface area contributed by atoms with Crippen LogP contribution in [0.25, 0.3) is 0 Å². The molecule has 0 N–H and O–H groups in total. The molecule has 1 aliphatic rings. The van der Waals surface area contributed by atoms with Crippen molar-refractivity contribution in [2.45, 2.75) is 71.6 Å². The molecule has 0 radical (unpaired) electrons. The van der Waals surface area contributed by atoms with Crippen molar-refractivity contribution in [2.24, 2.45) is 11.8 Å². The average Bonchev–Trinajstić information content (AvgIpc) is 2.78. The maximum Gasteiger partial charge on any atom is 0.119 e. The molecule has 0 spiro atoms. The van der Waals surface area contributed by atoms with Crippen molar-refractivity contribution in [1.29, 1.82) is 0 Å². The Labute approximate surface area is 177 Å². The van der Waals surface area contributed by atoms with Crippen LogP contribution >= 0.6 is 0 Å². The van der Waals surface area contributed by atoms with Gasteiger partial charge in [0.15, 0.2) is 0 Å². The summed E-state index contributed by atoms with van der Waals surface area (Å²) in [4.78, 5) is 0. The van der Waals surface area contributed by atoms with Gasteiger partial charge in [-0.1, -0.05) is 69.9 Å². The van der Waals surface area contributed by atoms with Gasteiger partial charge in [-0.05, 0) is 79.5 Å². The van der Waals surface area contributed by atoms with Crippen molar-refractivity contribution < 1.29 is 4.74 Å². The lowest BCUT2D eigenvalue weighted by atomic mass is 9.78. The quantitative estimate of drug-likeness (QED) is 0.338. The summed E-state index contributed by atoms with van der Waals surface area (Å²) in [5.41, 5.74) is 3.58. The van der Waals surface area contributed by atoms with Crippen LogP contribution in [-0.4, -0.2) is 6.61 Å². The summed E-state index contributed by atoms with van der Waals surface area (Å²) in [5.74, 6) is 9.35. The molecule has 1 aliphatic carbocycles. The molecular formula is C28H36O. The SMILES string of the molecule is CCCCCOc1ccc(C#Cc2ccc(CC3CCC(CC)CC3)cc2)cc1. The summed E-state index contributed by atoms with van der Waals surface area (Å²) in [6, 6.07) is 17.0. The van der Waals surface area contributed by atoms with Crippen molar-refractivity contribution in [3.8, 4) is 17.6 Å². The molecule has 0 saturated heterocycles. The molecule has 0 atom stereocenters. The minimum atomic E-state index is 0.797. The normalized spacial score (nSPS) is 18.7. The maximum absolute atomic E-state index is 5.77. The molecule has 1 heteroatoms. The third-order valence-corrected chi connectivity index (χ3v) is 6.24. The van der Waals surface area contributed by atoms with Crippen molar-refractivity contribution in [2.75, 3.05) is 6.61 Å². The van der Waals surface area contributed by atoms with Crippen LogP contribution < -0.4 is 4.74 Å². The van der Waals surface area contributed by atoms with Gasteiger partial charge >= 0.3 is 0 Å². The number of hydrogen-bond donors (Lipinski definition) is 0. The van der Waals surface area contributed by atoms with Gasteiger partial charge in [0, 0.05) is 11.1 Å². The summed E-state index contributed by atoms with van der Waals surface area (Å²) in [7, 11) is 0. The van der Waals surface area contributed by atoms with Crippen LogP contribution in [0, 0.1) is 23.7 Å². The Morgan fingerprint density at radius 3 is 1.93 bits per heavy atom. The second-order valence-electron chi connectivity index (χ2n) is 8.53. The van der Waals surface area contributed by atoms with E-state index in [2.05, 4.69) is 50.0 Å². The molecule has 0 unspecified atom stereocenters. The molecule has 0 heterocycles. The van der Waals surface area contributed by atoms with E-state index in [4.69, 9.17) is 4.74 Å². The first-order chi connectivity index (χ1) is 14.3. The molecule has 0 bridgehead atoms. The van der Waals surface area contributed by atoms with Crippen LogP contribution in [0.3, 0.4) is 0 Å². The van der Waals surface area contributed by atoms with E-state index in [9.17, 15) is 0 Å². The topological polar surface area (TPSA) is 9.23 Å². The van der Waals surface area contributed by atoms with E-state index in [1.54, 1.807) is 0 Å². The smallest absolute Gasteiger partial charge is 0.119 e. The first kappa shape index (κ1) is 21.5. The first-order valence-electron chi connectivity index (χ1n) is 11.6. The molecule has 1 saturated carbocycles. The fourth-order valence-electron chi connectivity index (χ4n) is 4.22. The number of benzene rings is 2. The number of ether oxygens (including phenoxy) is 1. The lowest BCUT2D eigenvalue weighted by molar-refractivity contribution is 0.268. The molecule has 2 aromatic rings. The fraction of sp³-hybridized carbons (Fsp3) is 0.500. The molecule has 0 amide bonds. The highest BCUT2D eigenvalue weighted by Gasteiger charge is 2.19. The van der Waals surface area contributed by atoms with Gasteiger partial charge < -0.3 is 4.74 Å². The molecule has 154 valence electrons. The van der Waals surface area contributed by atoms with Gasteiger partial charge in [-0.2, -0.15) is 0 Å². The van der Waals surface area contributed by atoms with Crippen LogP contribution in [-0.2, 0) is 6.42 Å². The van der Waals surface area contributed by atoms with Crippen LogP contribution in [0.2, 0.25) is 0 Å². The Hall–Kier alpha value is -2.20. The van der Waals surface area contributed by atoms with E-state index in [1.165, 1.54) is 56.9 Å². The van der Waals surface area contributed by atoms with E-state index < -0.39 is 0 Å². The van der Waals surface area contributed by atoms with E-state index in [-0.39, 0.29) is 0 Å². The first-order valence-corrected chi connectivity index (χ1v) is 11.6. The zero-order valence-corrected chi connectivity index (χ0v) is 18.3. The number of rotatable bonds is 8. The molecule has 0 aliphatic heterocycles. The highest BCUT2D eigenvalue weighted by Crippen LogP contribution is 2.32. The Bertz CT molecular complexity index is 768. The second kappa shape index (κ2) is 11.7. The summed E-state index contributed by atoms with van der Waals surface area (Å²) in [5, 5.41) is 0. The standard InChI is InChI=1S/C28H36O/c1-3-5-6-21-29-28-19-17-25(18-20-28)10-9-24-11-15-27(16-12-24)22-26-13-7-23(4-2)8-14-26/h11-12,15-20,23,26H,3-8,13-14,21-22H2,1-2H3. The lowest BCUT2D eigenvalue weighted by Crippen LogP contribution is -2.15. The Morgan fingerprint density at radius 2 is 1.34 bits per heavy atom. The third-order valence-electron chi connectivity index (χ3n) is 6.24. The van der Waals surface area contributed by atoms with Crippen LogP contribution in [0.4, 0.5) is 0 Å². The molecule has 1 fully saturated rings. The number of hydrogen-bond acceptors (Lipinski definition) is 1. The maximum atomic E-state index is 5.77. The Kier molecular flexibility index (Phi) is 8.69. The monoisotopic (exact) mass is 388 g/mol. The van der Waals surface area contributed by atoms with E-state index in [0.717, 1.165) is 41.7 Å². The van der Waals surface area contributed by atoms with Crippen molar-refractivity contribution in [3.63, 3.8) is 0 Å². The van der Waals surface area contributed by atoms with Gasteiger partial charge in [0.25, 0.3) is 0 Å². The van der Waals surface area contributed by atoms with Crippen LogP contribution in [0.5, 0.6) is 5.75 Å². The summed E-state index contributed by atoms with van der Waals surface area (Å²) in [6.07, 6.45) is 11.8. The highest BCUT2D eigenvalue weighted by molar-refractivity contribution is 5.44. The van der Waals surface area contributed by atoms with E-state index >= 15 is 0 Å². The molecule has 3 rings (SSSR count).